The van der Waals surface area contributed by atoms with Gasteiger partial charge in [-0.2, -0.15) is 0 Å². The van der Waals surface area contributed by atoms with Crippen LogP contribution in [0.5, 0.6) is 0 Å². The first-order chi connectivity index (χ1) is 7.40. The SMILES string of the molecule is OCCc1cccn1CC1CCOCC1. The molecule has 1 fully saturated rings. The van der Waals surface area contributed by atoms with Crippen molar-refractivity contribution < 1.29 is 9.84 Å². The Labute approximate surface area is 90.7 Å². The normalized spacial score (nSPS) is 18.2. The lowest BCUT2D eigenvalue weighted by molar-refractivity contribution is 0.0610. The summed E-state index contributed by atoms with van der Waals surface area (Å²) in [6.45, 7) is 3.12. The van der Waals surface area contributed by atoms with Crippen LogP contribution in [0.4, 0.5) is 0 Å². The number of aliphatic hydroxyl groups excluding tert-OH is 1. The fraction of sp³-hybridized carbons (Fsp3) is 0.667. The molecule has 0 aliphatic carbocycles. The van der Waals surface area contributed by atoms with E-state index >= 15 is 0 Å². The Morgan fingerprint density at radius 3 is 2.93 bits per heavy atom. The van der Waals surface area contributed by atoms with Crippen LogP contribution in [0.3, 0.4) is 0 Å². The van der Waals surface area contributed by atoms with Crippen LogP contribution in [0.2, 0.25) is 0 Å². The van der Waals surface area contributed by atoms with Gasteiger partial charge < -0.3 is 14.4 Å². The van der Waals surface area contributed by atoms with Crippen LogP contribution in [-0.2, 0) is 17.7 Å². The van der Waals surface area contributed by atoms with Crippen molar-refractivity contribution in [2.75, 3.05) is 19.8 Å². The molecule has 0 radical (unpaired) electrons. The molecule has 3 nitrogen and oxygen atoms in total. The molecular weight excluding hydrogens is 190 g/mol. The van der Waals surface area contributed by atoms with Crippen LogP contribution < -0.4 is 0 Å². The summed E-state index contributed by atoms with van der Waals surface area (Å²) in [5, 5.41) is 8.94. The summed E-state index contributed by atoms with van der Waals surface area (Å²) >= 11 is 0. The molecule has 1 saturated heterocycles. The average Bonchev–Trinajstić information content (AvgIpc) is 2.68. The lowest BCUT2D eigenvalue weighted by Crippen LogP contribution is -2.21. The summed E-state index contributed by atoms with van der Waals surface area (Å²) < 4.78 is 7.62. The van der Waals surface area contributed by atoms with E-state index in [1.165, 1.54) is 5.69 Å². The smallest absolute Gasteiger partial charge is 0.0485 e. The second kappa shape index (κ2) is 5.33. The van der Waals surface area contributed by atoms with E-state index in [-0.39, 0.29) is 6.61 Å². The number of ether oxygens (including phenoxy) is 1. The van der Waals surface area contributed by atoms with Crippen molar-refractivity contribution in [1.82, 2.24) is 4.57 Å². The van der Waals surface area contributed by atoms with Gasteiger partial charge in [0.15, 0.2) is 0 Å². The molecule has 1 aliphatic rings. The molecule has 1 aliphatic heterocycles. The Hall–Kier alpha value is -0.800. The summed E-state index contributed by atoms with van der Waals surface area (Å²) in [6, 6.07) is 4.15. The Bertz CT molecular complexity index is 290. The molecule has 0 atom stereocenters. The van der Waals surface area contributed by atoms with Gasteiger partial charge in [0.05, 0.1) is 0 Å². The van der Waals surface area contributed by atoms with Crippen molar-refractivity contribution in [2.24, 2.45) is 5.92 Å². The molecule has 1 aromatic heterocycles. The maximum Gasteiger partial charge on any atom is 0.0485 e. The van der Waals surface area contributed by atoms with Crippen molar-refractivity contribution in [3.05, 3.63) is 24.0 Å². The molecule has 1 aromatic rings. The fourth-order valence-corrected chi connectivity index (χ4v) is 2.18. The first kappa shape index (κ1) is 10.7. The van der Waals surface area contributed by atoms with Gasteiger partial charge in [-0.3, -0.25) is 0 Å². The fourth-order valence-electron chi connectivity index (χ4n) is 2.18. The highest BCUT2D eigenvalue weighted by molar-refractivity contribution is 5.07. The molecular formula is C12H19NO2. The van der Waals surface area contributed by atoms with Crippen molar-refractivity contribution in [2.45, 2.75) is 25.8 Å². The molecule has 84 valence electrons. The van der Waals surface area contributed by atoms with Crippen LogP contribution in [-0.4, -0.2) is 29.5 Å². The Kier molecular flexibility index (Phi) is 3.80. The predicted octanol–water partition coefficient (Wildman–Crippen LogP) is 1.45. The highest BCUT2D eigenvalue weighted by Crippen LogP contribution is 2.18. The van der Waals surface area contributed by atoms with E-state index < -0.39 is 0 Å². The molecule has 0 bridgehead atoms. The van der Waals surface area contributed by atoms with Gasteiger partial charge in [-0.25, -0.2) is 0 Å². The first-order valence-electron chi connectivity index (χ1n) is 5.73. The highest BCUT2D eigenvalue weighted by atomic mass is 16.5. The van der Waals surface area contributed by atoms with E-state index in [1.54, 1.807) is 0 Å². The van der Waals surface area contributed by atoms with Crippen molar-refractivity contribution in [3.63, 3.8) is 0 Å². The van der Waals surface area contributed by atoms with E-state index in [9.17, 15) is 0 Å². The number of hydrogen-bond acceptors (Lipinski definition) is 2. The molecule has 0 unspecified atom stereocenters. The van der Waals surface area contributed by atoms with Gasteiger partial charge in [-0.05, 0) is 30.9 Å². The summed E-state index contributed by atoms with van der Waals surface area (Å²) in [5.74, 6) is 0.739. The van der Waals surface area contributed by atoms with Crippen LogP contribution in [0.1, 0.15) is 18.5 Å². The van der Waals surface area contributed by atoms with Gasteiger partial charge in [0, 0.05) is 44.7 Å². The van der Waals surface area contributed by atoms with Gasteiger partial charge in [-0.15, -0.1) is 0 Å². The first-order valence-corrected chi connectivity index (χ1v) is 5.73. The van der Waals surface area contributed by atoms with Crippen molar-refractivity contribution >= 4 is 0 Å². The Morgan fingerprint density at radius 2 is 2.20 bits per heavy atom. The molecule has 0 amide bonds. The largest absolute Gasteiger partial charge is 0.396 e. The minimum atomic E-state index is 0.234. The van der Waals surface area contributed by atoms with Gasteiger partial charge in [0.1, 0.15) is 0 Å². The zero-order valence-electron chi connectivity index (χ0n) is 9.06. The van der Waals surface area contributed by atoms with Gasteiger partial charge in [0.25, 0.3) is 0 Å². The standard InChI is InChI=1S/C12H19NO2/c14-7-3-12-2-1-6-13(12)10-11-4-8-15-9-5-11/h1-2,6,11,14H,3-5,7-10H2. The summed E-state index contributed by atoms with van der Waals surface area (Å²) in [5.41, 5.74) is 1.24. The highest BCUT2D eigenvalue weighted by Gasteiger charge is 2.14. The second-order valence-electron chi connectivity index (χ2n) is 4.18. The molecule has 3 heteroatoms. The predicted molar refractivity (Wildman–Crippen MR) is 58.8 cm³/mol. The maximum absolute atomic E-state index is 8.94. The van der Waals surface area contributed by atoms with Crippen LogP contribution in [0, 0.1) is 5.92 Å². The molecule has 15 heavy (non-hydrogen) atoms. The number of aromatic nitrogens is 1. The Balaban J connectivity index is 1.93. The molecule has 0 aromatic carbocycles. The molecule has 0 saturated carbocycles. The summed E-state index contributed by atoms with van der Waals surface area (Å²) in [7, 11) is 0. The van der Waals surface area contributed by atoms with Crippen LogP contribution in [0.25, 0.3) is 0 Å². The third kappa shape index (κ3) is 2.83. The number of rotatable bonds is 4. The lowest BCUT2D eigenvalue weighted by Gasteiger charge is -2.23. The third-order valence-corrected chi connectivity index (χ3v) is 3.09. The van der Waals surface area contributed by atoms with Crippen molar-refractivity contribution in [3.8, 4) is 0 Å². The number of hydrogen-bond donors (Lipinski definition) is 1. The number of nitrogens with zero attached hydrogens (tertiary/aromatic N) is 1. The van der Waals surface area contributed by atoms with E-state index in [0.29, 0.717) is 0 Å². The lowest BCUT2D eigenvalue weighted by atomic mass is 10.0. The van der Waals surface area contributed by atoms with Crippen LogP contribution in [0.15, 0.2) is 18.3 Å². The monoisotopic (exact) mass is 209 g/mol. The Morgan fingerprint density at radius 1 is 1.40 bits per heavy atom. The molecule has 1 N–H and O–H groups in total. The third-order valence-electron chi connectivity index (χ3n) is 3.09. The topological polar surface area (TPSA) is 34.4 Å². The summed E-state index contributed by atoms with van der Waals surface area (Å²) in [4.78, 5) is 0. The van der Waals surface area contributed by atoms with Crippen molar-refractivity contribution in [1.29, 1.82) is 0 Å². The zero-order chi connectivity index (χ0) is 10.5. The van der Waals surface area contributed by atoms with Gasteiger partial charge >= 0.3 is 0 Å². The zero-order valence-corrected chi connectivity index (χ0v) is 9.06. The van der Waals surface area contributed by atoms with E-state index in [0.717, 1.165) is 44.9 Å². The molecule has 2 rings (SSSR count). The molecule has 0 spiro atoms. The number of aliphatic hydroxyl groups is 1. The minimum absolute atomic E-state index is 0.234. The maximum atomic E-state index is 8.94. The van der Waals surface area contributed by atoms with E-state index in [2.05, 4.69) is 22.9 Å². The minimum Gasteiger partial charge on any atom is -0.396 e. The van der Waals surface area contributed by atoms with E-state index in [4.69, 9.17) is 9.84 Å². The second-order valence-corrected chi connectivity index (χ2v) is 4.18. The van der Waals surface area contributed by atoms with Crippen LogP contribution >= 0.6 is 0 Å². The van der Waals surface area contributed by atoms with Gasteiger partial charge in [0.2, 0.25) is 0 Å². The summed E-state index contributed by atoms with van der Waals surface area (Å²) in [6.07, 6.45) is 5.20. The molecule has 2 heterocycles. The quantitative estimate of drug-likeness (QED) is 0.814. The van der Waals surface area contributed by atoms with Gasteiger partial charge in [-0.1, -0.05) is 0 Å². The van der Waals surface area contributed by atoms with E-state index in [1.807, 2.05) is 0 Å². The average molecular weight is 209 g/mol.